The molecule has 5 heteroatoms. The van der Waals surface area contributed by atoms with Crippen LogP contribution in [0.1, 0.15) is 48.0 Å². The Morgan fingerprint density at radius 1 is 1.14 bits per heavy atom. The molecule has 2 fully saturated rings. The molecule has 1 N–H and O–H groups in total. The number of rotatable bonds is 4. The second kappa shape index (κ2) is 7.60. The summed E-state index contributed by atoms with van der Waals surface area (Å²) < 4.78 is 5.88. The van der Waals surface area contributed by atoms with Gasteiger partial charge in [0.15, 0.2) is 0 Å². The molecule has 1 saturated heterocycles. The number of carbonyl (C=O) groups excluding carboxylic acids is 1. The van der Waals surface area contributed by atoms with E-state index in [-0.39, 0.29) is 5.91 Å². The molecule has 2 aliphatic heterocycles. The third-order valence-electron chi connectivity index (χ3n) is 6.75. The molecular weight excluding hydrogens is 380 g/mol. The molecule has 29 heavy (non-hydrogen) atoms. The molecule has 152 valence electrons. The average molecular weight is 409 g/mol. The molecule has 0 atom stereocenters. The summed E-state index contributed by atoms with van der Waals surface area (Å²) in [6.45, 7) is 2.80. The number of amides is 1. The van der Waals surface area contributed by atoms with Crippen molar-refractivity contribution in [3.63, 3.8) is 0 Å². The fourth-order valence-corrected chi connectivity index (χ4v) is 5.10. The second-order valence-corrected chi connectivity index (χ2v) is 9.45. The number of anilines is 2. The number of hydrogen-bond donors (Lipinski definition) is 1. The quantitative estimate of drug-likeness (QED) is 0.691. The van der Waals surface area contributed by atoms with Gasteiger partial charge in [0.05, 0.1) is 23.5 Å². The first kappa shape index (κ1) is 18.9. The van der Waals surface area contributed by atoms with Crippen molar-refractivity contribution in [2.45, 2.75) is 43.4 Å². The van der Waals surface area contributed by atoms with Crippen molar-refractivity contribution >= 4 is 29.0 Å². The standard InChI is InChI=1S/C24H28N2O2S/c1-29-18-7-8-19(21(16-18)26-13-11-24(9-10-24)12-14-26)23(27)25-20-6-2-4-17-5-3-15-28-22(17)20/h2,4,6-8,16H,3,5,9-15H2,1H3,(H,25,27). The Hall–Kier alpha value is -2.14. The summed E-state index contributed by atoms with van der Waals surface area (Å²) in [5.74, 6) is 0.782. The van der Waals surface area contributed by atoms with E-state index in [1.54, 1.807) is 11.8 Å². The number of thioether (sulfide) groups is 1. The summed E-state index contributed by atoms with van der Waals surface area (Å²) in [7, 11) is 0. The van der Waals surface area contributed by atoms with E-state index in [1.165, 1.54) is 36.1 Å². The topological polar surface area (TPSA) is 41.6 Å². The first-order valence-electron chi connectivity index (χ1n) is 10.7. The molecule has 5 rings (SSSR count). The van der Waals surface area contributed by atoms with E-state index in [9.17, 15) is 4.79 Å². The number of fused-ring (bicyclic) bond motifs is 1. The number of carbonyl (C=O) groups is 1. The number of aryl methyl sites for hydroxylation is 1. The van der Waals surface area contributed by atoms with E-state index in [4.69, 9.17) is 4.74 Å². The number of nitrogens with one attached hydrogen (secondary N) is 1. The molecule has 2 heterocycles. The Balaban J connectivity index is 1.42. The third-order valence-corrected chi connectivity index (χ3v) is 7.48. The summed E-state index contributed by atoms with van der Waals surface area (Å²) in [6, 6.07) is 12.2. The van der Waals surface area contributed by atoms with Crippen LogP contribution in [-0.2, 0) is 6.42 Å². The van der Waals surface area contributed by atoms with Crippen LogP contribution in [0.3, 0.4) is 0 Å². The zero-order chi connectivity index (χ0) is 19.8. The van der Waals surface area contributed by atoms with E-state index in [0.29, 0.717) is 12.0 Å². The SMILES string of the molecule is CSc1ccc(C(=O)Nc2cccc3c2OCCC3)c(N2CCC3(CC2)CC3)c1. The van der Waals surface area contributed by atoms with Gasteiger partial charge in [-0.1, -0.05) is 12.1 Å². The molecule has 3 aliphatic rings. The van der Waals surface area contributed by atoms with Gasteiger partial charge in [-0.05, 0) is 80.0 Å². The first-order chi connectivity index (χ1) is 14.2. The van der Waals surface area contributed by atoms with Crippen molar-refractivity contribution in [2.75, 3.05) is 36.2 Å². The molecule has 1 amide bonds. The van der Waals surface area contributed by atoms with Gasteiger partial charge in [0.1, 0.15) is 5.75 Å². The highest BCUT2D eigenvalue weighted by molar-refractivity contribution is 7.98. The maximum absolute atomic E-state index is 13.3. The highest BCUT2D eigenvalue weighted by atomic mass is 32.2. The summed E-state index contributed by atoms with van der Waals surface area (Å²) >= 11 is 1.72. The van der Waals surface area contributed by atoms with Crippen molar-refractivity contribution in [3.8, 4) is 5.75 Å². The van der Waals surface area contributed by atoms with Crippen molar-refractivity contribution in [1.82, 2.24) is 0 Å². The Labute approximate surface area is 177 Å². The van der Waals surface area contributed by atoms with E-state index in [2.05, 4.69) is 28.6 Å². The van der Waals surface area contributed by atoms with Gasteiger partial charge in [-0.3, -0.25) is 4.79 Å². The summed E-state index contributed by atoms with van der Waals surface area (Å²) in [5.41, 5.74) is 4.40. The minimum atomic E-state index is -0.0538. The molecule has 0 aromatic heterocycles. The van der Waals surface area contributed by atoms with Crippen LogP contribution in [0.2, 0.25) is 0 Å². The van der Waals surface area contributed by atoms with Crippen LogP contribution in [-0.4, -0.2) is 31.9 Å². The highest BCUT2D eigenvalue weighted by Crippen LogP contribution is 2.54. The fraction of sp³-hybridized carbons (Fsp3) is 0.458. The van der Waals surface area contributed by atoms with E-state index in [0.717, 1.165) is 48.6 Å². The summed E-state index contributed by atoms with van der Waals surface area (Å²) in [6.07, 6.45) is 9.39. The predicted octanol–water partition coefficient (Wildman–Crippen LogP) is 5.37. The smallest absolute Gasteiger partial charge is 0.257 e. The highest BCUT2D eigenvalue weighted by Gasteiger charge is 2.44. The van der Waals surface area contributed by atoms with Gasteiger partial charge in [-0.2, -0.15) is 0 Å². The lowest BCUT2D eigenvalue weighted by molar-refractivity contribution is 0.102. The van der Waals surface area contributed by atoms with Crippen LogP contribution in [0.4, 0.5) is 11.4 Å². The Bertz CT molecular complexity index is 928. The lowest BCUT2D eigenvalue weighted by Gasteiger charge is -2.35. The zero-order valence-corrected chi connectivity index (χ0v) is 17.8. The molecule has 1 saturated carbocycles. The maximum atomic E-state index is 13.3. The fourth-order valence-electron chi connectivity index (χ4n) is 4.67. The van der Waals surface area contributed by atoms with Gasteiger partial charge >= 0.3 is 0 Å². The van der Waals surface area contributed by atoms with Gasteiger partial charge < -0.3 is 15.0 Å². The summed E-state index contributed by atoms with van der Waals surface area (Å²) in [5, 5.41) is 3.13. The van der Waals surface area contributed by atoms with E-state index < -0.39 is 0 Å². The molecule has 2 aromatic rings. The first-order valence-corrected chi connectivity index (χ1v) is 11.9. The number of ether oxygens (including phenoxy) is 1. The van der Waals surface area contributed by atoms with Crippen LogP contribution in [0.25, 0.3) is 0 Å². The van der Waals surface area contributed by atoms with Crippen molar-refractivity contribution in [2.24, 2.45) is 5.41 Å². The minimum absolute atomic E-state index is 0.0538. The van der Waals surface area contributed by atoms with Crippen molar-refractivity contribution in [3.05, 3.63) is 47.5 Å². The van der Waals surface area contributed by atoms with Crippen LogP contribution in [0.15, 0.2) is 41.3 Å². The third kappa shape index (κ3) is 3.73. The monoisotopic (exact) mass is 408 g/mol. The van der Waals surface area contributed by atoms with Gasteiger partial charge in [0, 0.05) is 18.0 Å². The Kier molecular flexibility index (Phi) is 4.94. The van der Waals surface area contributed by atoms with Gasteiger partial charge in [-0.25, -0.2) is 0 Å². The average Bonchev–Trinajstić information content (AvgIpc) is 3.53. The number of benzene rings is 2. The van der Waals surface area contributed by atoms with Gasteiger partial charge in [0.2, 0.25) is 0 Å². The number of hydrogen-bond acceptors (Lipinski definition) is 4. The molecule has 0 unspecified atom stereocenters. The second-order valence-electron chi connectivity index (χ2n) is 8.57. The number of nitrogens with zero attached hydrogens (tertiary/aromatic N) is 1. The molecule has 4 nitrogen and oxygen atoms in total. The molecule has 0 radical (unpaired) electrons. The largest absolute Gasteiger partial charge is 0.491 e. The van der Waals surface area contributed by atoms with Crippen LogP contribution >= 0.6 is 11.8 Å². The molecule has 1 aliphatic carbocycles. The van der Waals surface area contributed by atoms with E-state index in [1.807, 2.05) is 24.3 Å². The lowest BCUT2D eigenvalue weighted by Crippen LogP contribution is -2.35. The van der Waals surface area contributed by atoms with Crippen molar-refractivity contribution < 1.29 is 9.53 Å². The van der Waals surface area contributed by atoms with Gasteiger partial charge in [0.25, 0.3) is 5.91 Å². The zero-order valence-electron chi connectivity index (χ0n) is 17.0. The molecular formula is C24H28N2O2S. The normalized spacial score (nSPS) is 19.4. The lowest BCUT2D eigenvalue weighted by atomic mass is 9.93. The minimum Gasteiger partial charge on any atom is -0.491 e. The Morgan fingerprint density at radius 3 is 2.72 bits per heavy atom. The predicted molar refractivity (Wildman–Crippen MR) is 120 cm³/mol. The number of piperidine rings is 1. The molecule has 0 bridgehead atoms. The number of para-hydroxylation sites is 1. The maximum Gasteiger partial charge on any atom is 0.257 e. The van der Waals surface area contributed by atoms with Crippen LogP contribution in [0, 0.1) is 5.41 Å². The molecule has 1 spiro atoms. The molecule has 2 aromatic carbocycles. The van der Waals surface area contributed by atoms with Crippen molar-refractivity contribution in [1.29, 1.82) is 0 Å². The van der Waals surface area contributed by atoms with E-state index >= 15 is 0 Å². The Morgan fingerprint density at radius 2 is 1.97 bits per heavy atom. The summed E-state index contributed by atoms with van der Waals surface area (Å²) in [4.78, 5) is 16.9. The van der Waals surface area contributed by atoms with Crippen LogP contribution in [0.5, 0.6) is 5.75 Å². The van der Waals surface area contributed by atoms with Gasteiger partial charge in [-0.15, -0.1) is 11.8 Å². The van der Waals surface area contributed by atoms with Crippen LogP contribution < -0.4 is 15.0 Å².